The molecule has 1 N–H and O–H groups in total. The Morgan fingerprint density at radius 3 is 2.26 bits per heavy atom. The zero-order valence-electron chi connectivity index (χ0n) is 14.6. The number of hydrogen-bond donors (Lipinski definition) is 1. The van der Waals surface area contributed by atoms with E-state index in [0.717, 1.165) is 5.56 Å². The quantitative estimate of drug-likeness (QED) is 0.565. The molecule has 2 aromatic rings. The normalized spacial score (nSPS) is 12.0. The number of alkyl halides is 2. The van der Waals surface area contributed by atoms with Crippen molar-refractivity contribution in [2.75, 3.05) is 6.61 Å². The summed E-state index contributed by atoms with van der Waals surface area (Å²) in [6, 6.07) is 14.5. The standard InChI is InChI=1S/C20H19F2NO4/c1-2-6-18(25)26-13-17(24)23-19(14-7-4-3-5-8-14)15-9-11-16(12-10-15)27-20(21)22/h2-12,19-20H,13H2,1H3,(H,23,24)/b6-2+/t19-/m0/s1. The Labute approximate surface area is 155 Å². The van der Waals surface area contributed by atoms with Gasteiger partial charge in [-0.05, 0) is 30.2 Å². The lowest BCUT2D eigenvalue weighted by Gasteiger charge is -2.20. The Balaban J connectivity index is 2.15. The maximum Gasteiger partial charge on any atom is 0.387 e. The molecule has 0 radical (unpaired) electrons. The molecule has 0 unspecified atom stereocenters. The third kappa shape index (κ3) is 6.54. The third-order valence-corrected chi connectivity index (χ3v) is 3.53. The molecule has 0 heterocycles. The van der Waals surface area contributed by atoms with Crippen LogP contribution in [-0.2, 0) is 14.3 Å². The molecule has 7 heteroatoms. The summed E-state index contributed by atoms with van der Waals surface area (Å²) >= 11 is 0. The number of carbonyl (C=O) groups is 2. The molecule has 0 aliphatic heterocycles. The second-order valence-electron chi connectivity index (χ2n) is 5.47. The molecule has 142 valence electrons. The Kier molecular flexibility index (Phi) is 7.49. The minimum Gasteiger partial charge on any atom is -0.452 e. The van der Waals surface area contributed by atoms with Gasteiger partial charge in [-0.2, -0.15) is 8.78 Å². The number of nitrogens with one attached hydrogen (secondary N) is 1. The first-order valence-electron chi connectivity index (χ1n) is 8.18. The molecule has 0 aliphatic rings. The van der Waals surface area contributed by atoms with E-state index < -0.39 is 31.1 Å². The van der Waals surface area contributed by atoms with Gasteiger partial charge in [-0.3, -0.25) is 4.79 Å². The van der Waals surface area contributed by atoms with E-state index in [1.165, 1.54) is 24.3 Å². The Hall–Kier alpha value is -3.22. The predicted octanol–water partition coefficient (Wildman–Crippen LogP) is 3.61. The number of benzene rings is 2. The van der Waals surface area contributed by atoms with Crippen LogP contribution in [0.1, 0.15) is 24.1 Å². The van der Waals surface area contributed by atoms with E-state index in [2.05, 4.69) is 10.1 Å². The summed E-state index contributed by atoms with van der Waals surface area (Å²) in [6.45, 7) is -1.68. The Bertz CT molecular complexity index is 776. The van der Waals surface area contributed by atoms with Crippen molar-refractivity contribution in [2.24, 2.45) is 0 Å². The van der Waals surface area contributed by atoms with Crippen LogP contribution in [0.4, 0.5) is 8.78 Å². The van der Waals surface area contributed by atoms with E-state index in [9.17, 15) is 18.4 Å². The summed E-state index contributed by atoms with van der Waals surface area (Å²) in [6.07, 6.45) is 2.72. The van der Waals surface area contributed by atoms with Crippen molar-refractivity contribution in [3.63, 3.8) is 0 Å². The second kappa shape index (κ2) is 10.1. The Morgan fingerprint density at radius 1 is 1.04 bits per heavy atom. The molecule has 27 heavy (non-hydrogen) atoms. The molecule has 0 aromatic heterocycles. The van der Waals surface area contributed by atoms with Crippen LogP contribution in [0.5, 0.6) is 5.75 Å². The zero-order valence-corrected chi connectivity index (χ0v) is 14.6. The van der Waals surface area contributed by atoms with Crippen molar-refractivity contribution < 1.29 is 27.8 Å². The lowest BCUT2D eigenvalue weighted by atomic mass is 9.98. The van der Waals surface area contributed by atoms with E-state index in [0.29, 0.717) is 5.56 Å². The van der Waals surface area contributed by atoms with Gasteiger partial charge in [-0.25, -0.2) is 4.79 Å². The highest BCUT2D eigenvalue weighted by molar-refractivity contribution is 5.85. The van der Waals surface area contributed by atoms with Crippen molar-refractivity contribution in [1.82, 2.24) is 5.32 Å². The van der Waals surface area contributed by atoms with Crippen molar-refractivity contribution in [3.8, 4) is 5.75 Å². The maximum absolute atomic E-state index is 12.3. The molecule has 0 saturated heterocycles. The molecule has 2 rings (SSSR count). The predicted molar refractivity (Wildman–Crippen MR) is 95.3 cm³/mol. The summed E-state index contributed by atoms with van der Waals surface area (Å²) in [5.74, 6) is -1.08. The largest absolute Gasteiger partial charge is 0.452 e. The fraction of sp³-hybridized carbons (Fsp3) is 0.200. The lowest BCUT2D eigenvalue weighted by molar-refractivity contribution is -0.144. The van der Waals surface area contributed by atoms with Gasteiger partial charge in [0, 0.05) is 6.08 Å². The summed E-state index contributed by atoms with van der Waals surface area (Å²) in [7, 11) is 0. The van der Waals surface area contributed by atoms with Crippen LogP contribution in [-0.4, -0.2) is 25.1 Å². The van der Waals surface area contributed by atoms with Crippen LogP contribution < -0.4 is 10.1 Å². The molecule has 0 fully saturated rings. The summed E-state index contributed by atoms with van der Waals surface area (Å²) in [4.78, 5) is 23.5. The fourth-order valence-corrected chi connectivity index (χ4v) is 2.37. The van der Waals surface area contributed by atoms with Gasteiger partial charge in [0.15, 0.2) is 6.61 Å². The van der Waals surface area contributed by atoms with Crippen molar-refractivity contribution in [2.45, 2.75) is 19.6 Å². The first-order valence-corrected chi connectivity index (χ1v) is 8.18. The van der Waals surface area contributed by atoms with Crippen LogP contribution >= 0.6 is 0 Å². The van der Waals surface area contributed by atoms with E-state index >= 15 is 0 Å². The van der Waals surface area contributed by atoms with Crippen molar-refractivity contribution in [1.29, 1.82) is 0 Å². The average molecular weight is 375 g/mol. The van der Waals surface area contributed by atoms with Gasteiger partial charge < -0.3 is 14.8 Å². The monoisotopic (exact) mass is 375 g/mol. The van der Waals surface area contributed by atoms with Crippen LogP contribution in [0.25, 0.3) is 0 Å². The van der Waals surface area contributed by atoms with Gasteiger partial charge in [0.25, 0.3) is 5.91 Å². The zero-order chi connectivity index (χ0) is 19.6. The molecular weight excluding hydrogens is 356 g/mol. The van der Waals surface area contributed by atoms with Gasteiger partial charge in [0.1, 0.15) is 5.75 Å². The SMILES string of the molecule is C/C=C/C(=O)OCC(=O)N[C@@H](c1ccccc1)c1ccc(OC(F)F)cc1. The number of amides is 1. The molecular formula is C20H19F2NO4. The minimum atomic E-state index is -2.91. The molecule has 0 spiro atoms. The van der Waals surface area contributed by atoms with Crippen LogP contribution in [0.15, 0.2) is 66.7 Å². The van der Waals surface area contributed by atoms with Gasteiger partial charge >= 0.3 is 12.6 Å². The highest BCUT2D eigenvalue weighted by Crippen LogP contribution is 2.24. The number of hydrogen-bond acceptors (Lipinski definition) is 4. The summed E-state index contributed by atoms with van der Waals surface area (Å²) in [5.41, 5.74) is 1.45. The number of allylic oxidation sites excluding steroid dienone is 1. The molecule has 1 atom stereocenters. The summed E-state index contributed by atoms with van der Waals surface area (Å²) < 4.78 is 33.8. The van der Waals surface area contributed by atoms with E-state index in [-0.39, 0.29) is 5.75 Å². The van der Waals surface area contributed by atoms with Crippen molar-refractivity contribution >= 4 is 11.9 Å². The number of carbonyl (C=O) groups excluding carboxylic acids is 2. The van der Waals surface area contributed by atoms with E-state index in [1.54, 1.807) is 19.1 Å². The summed E-state index contributed by atoms with van der Waals surface area (Å²) in [5, 5.41) is 2.78. The smallest absolute Gasteiger partial charge is 0.387 e. The fourth-order valence-electron chi connectivity index (χ4n) is 2.37. The first-order chi connectivity index (χ1) is 13.0. The molecule has 0 aliphatic carbocycles. The number of halogens is 2. The second-order valence-corrected chi connectivity index (χ2v) is 5.47. The van der Waals surface area contributed by atoms with Crippen molar-refractivity contribution in [3.05, 3.63) is 77.9 Å². The van der Waals surface area contributed by atoms with Gasteiger partial charge in [-0.15, -0.1) is 0 Å². The first kappa shape index (κ1) is 20.1. The highest BCUT2D eigenvalue weighted by Gasteiger charge is 2.18. The maximum atomic E-state index is 12.3. The molecule has 0 saturated carbocycles. The topological polar surface area (TPSA) is 64.6 Å². The van der Waals surface area contributed by atoms with E-state index in [4.69, 9.17) is 4.74 Å². The lowest BCUT2D eigenvalue weighted by Crippen LogP contribution is -2.33. The van der Waals surface area contributed by atoms with Gasteiger partial charge in [0.05, 0.1) is 6.04 Å². The van der Waals surface area contributed by atoms with Crippen LogP contribution in [0, 0.1) is 0 Å². The van der Waals surface area contributed by atoms with Gasteiger partial charge in [0.2, 0.25) is 0 Å². The minimum absolute atomic E-state index is 0.0205. The molecule has 2 aromatic carbocycles. The Morgan fingerprint density at radius 2 is 1.67 bits per heavy atom. The molecule has 0 bridgehead atoms. The van der Waals surface area contributed by atoms with E-state index in [1.807, 2.05) is 30.3 Å². The molecule has 1 amide bonds. The van der Waals surface area contributed by atoms with Crippen LogP contribution in [0.2, 0.25) is 0 Å². The number of rotatable bonds is 8. The van der Waals surface area contributed by atoms with Crippen LogP contribution in [0.3, 0.4) is 0 Å². The third-order valence-electron chi connectivity index (χ3n) is 3.53. The molecule has 5 nitrogen and oxygen atoms in total. The van der Waals surface area contributed by atoms with Gasteiger partial charge in [-0.1, -0.05) is 48.5 Å². The highest BCUT2D eigenvalue weighted by atomic mass is 19.3. The number of ether oxygens (including phenoxy) is 2. The number of esters is 1. The average Bonchev–Trinajstić information content (AvgIpc) is 2.66.